The molecule has 1 atom stereocenters. The highest BCUT2D eigenvalue weighted by atomic mass is 16.6. The van der Waals surface area contributed by atoms with Crippen molar-refractivity contribution in [2.45, 2.75) is 70.9 Å². The predicted octanol–water partition coefficient (Wildman–Crippen LogP) is 2.92. The summed E-state index contributed by atoms with van der Waals surface area (Å²) in [7, 11) is 0. The number of hydrogen-bond acceptors (Lipinski definition) is 7. The molecule has 3 rings (SSSR count). The lowest BCUT2D eigenvalue weighted by atomic mass is 10.1. The number of nitrogens with one attached hydrogen (secondary N) is 2. The normalized spacial score (nSPS) is 16.6. The number of rotatable bonds is 14. The summed E-state index contributed by atoms with van der Waals surface area (Å²) in [6.07, 6.45) is 3.93. The van der Waals surface area contributed by atoms with E-state index >= 15 is 0 Å². The number of carbonyl (C=O) groups excluding carboxylic acids is 4. The first-order chi connectivity index (χ1) is 19.0. The van der Waals surface area contributed by atoms with E-state index in [1.165, 1.54) is 0 Å². The minimum atomic E-state index is -0.700. The number of ketones is 1. The highest BCUT2D eigenvalue weighted by Crippen LogP contribution is 2.32. The summed E-state index contributed by atoms with van der Waals surface area (Å²) in [5, 5.41) is 5.28. The molecule has 1 saturated carbocycles. The molecule has 1 aromatic rings. The Morgan fingerprint density at radius 3 is 2.27 bits per heavy atom. The first-order valence-corrected chi connectivity index (χ1v) is 14.3. The van der Waals surface area contributed by atoms with E-state index in [0.717, 1.165) is 50.2 Å². The van der Waals surface area contributed by atoms with Gasteiger partial charge in [0.15, 0.2) is 5.78 Å². The van der Waals surface area contributed by atoms with Crippen LogP contribution in [0.3, 0.4) is 0 Å². The molecular weight excluding hydrogens is 514 g/mol. The van der Waals surface area contributed by atoms with Gasteiger partial charge in [-0.3, -0.25) is 14.5 Å². The van der Waals surface area contributed by atoms with E-state index in [4.69, 9.17) is 15.2 Å². The van der Waals surface area contributed by atoms with Crippen LogP contribution in [-0.2, 0) is 9.53 Å². The van der Waals surface area contributed by atoms with E-state index in [2.05, 4.69) is 15.5 Å². The van der Waals surface area contributed by atoms with Gasteiger partial charge in [-0.1, -0.05) is 0 Å². The van der Waals surface area contributed by atoms with Crippen LogP contribution >= 0.6 is 0 Å². The largest absolute Gasteiger partial charge is 0.494 e. The second-order valence-corrected chi connectivity index (χ2v) is 11.5. The summed E-state index contributed by atoms with van der Waals surface area (Å²) in [4.78, 5) is 52.8. The molecule has 11 nitrogen and oxygen atoms in total. The zero-order valence-electron chi connectivity index (χ0n) is 24.1. The highest BCUT2D eigenvalue weighted by molar-refractivity contribution is 5.99. The number of urea groups is 1. The van der Waals surface area contributed by atoms with Gasteiger partial charge in [-0.05, 0) is 83.6 Å². The Morgan fingerprint density at radius 2 is 1.68 bits per heavy atom. The van der Waals surface area contributed by atoms with Gasteiger partial charge in [0.25, 0.3) is 0 Å². The second kappa shape index (κ2) is 14.9. The Balaban J connectivity index is 1.38. The molecule has 2 fully saturated rings. The van der Waals surface area contributed by atoms with Crippen molar-refractivity contribution in [2.24, 2.45) is 11.7 Å². The first kappa shape index (κ1) is 31.2. The van der Waals surface area contributed by atoms with Gasteiger partial charge in [-0.2, -0.15) is 0 Å². The number of primary amides is 1. The van der Waals surface area contributed by atoms with Gasteiger partial charge in [-0.15, -0.1) is 0 Å². The molecule has 1 aromatic carbocycles. The zero-order valence-corrected chi connectivity index (χ0v) is 24.1. The number of ether oxygens (including phenoxy) is 2. The number of carbonyl (C=O) groups is 4. The fraction of sp³-hybridized carbons (Fsp3) is 0.655. The van der Waals surface area contributed by atoms with Crippen molar-refractivity contribution < 1.29 is 28.7 Å². The molecule has 4 N–H and O–H groups in total. The lowest BCUT2D eigenvalue weighted by molar-refractivity contribution is -0.135. The predicted molar refractivity (Wildman–Crippen MR) is 151 cm³/mol. The third kappa shape index (κ3) is 11.0. The third-order valence-electron chi connectivity index (χ3n) is 6.87. The van der Waals surface area contributed by atoms with Gasteiger partial charge in [0.05, 0.1) is 6.61 Å². The number of piperazine rings is 1. The van der Waals surface area contributed by atoms with Crippen LogP contribution in [0.2, 0.25) is 0 Å². The van der Waals surface area contributed by atoms with Crippen molar-refractivity contribution in [1.82, 2.24) is 20.4 Å². The van der Waals surface area contributed by atoms with E-state index in [9.17, 15) is 19.2 Å². The molecule has 0 radical (unpaired) electrons. The molecule has 1 heterocycles. The van der Waals surface area contributed by atoms with Gasteiger partial charge >= 0.3 is 12.1 Å². The molecule has 0 bridgehead atoms. The third-order valence-corrected chi connectivity index (χ3v) is 6.87. The van der Waals surface area contributed by atoms with Gasteiger partial charge < -0.3 is 30.7 Å². The van der Waals surface area contributed by atoms with Crippen molar-refractivity contribution in [3.63, 3.8) is 0 Å². The lowest BCUT2D eigenvalue weighted by Gasteiger charge is -2.36. The molecule has 0 aromatic heterocycles. The summed E-state index contributed by atoms with van der Waals surface area (Å²) < 4.78 is 11.2. The number of nitrogens with zero attached hydrogens (tertiary/aromatic N) is 2. The fourth-order valence-electron chi connectivity index (χ4n) is 4.58. The minimum absolute atomic E-state index is 0.125. The maximum absolute atomic E-state index is 13.3. The Labute approximate surface area is 237 Å². The Kier molecular flexibility index (Phi) is 11.6. The maximum atomic E-state index is 13.3. The molecule has 1 aliphatic heterocycles. The Bertz CT molecular complexity index is 997. The molecular formula is C29H45N5O6. The molecule has 0 spiro atoms. The standard InChI is InChI=1S/C29H45N5O6/c1-29(2,3)40-28(38)32-24(7-4-5-14-31-27(30)37)26(36)34-18-16-33(17-19-34)15-6-20-39-23-12-10-22(11-13-23)25(35)21-8-9-21/h10-13,21,24H,4-9,14-20H2,1-3H3,(H,32,38)(H3,30,31,37)/t24-/m1/s1. The van der Waals surface area contributed by atoms with Crippen LogP contribution in [-0.4, -0.2) is 91.1 Å². The van der Waals surface area contributed by atoms with Crippen LogP contribution in [0, 0.1) is 5.92 Å². The Hall–Kier alpha value is -3.34. The number of nitrogens with two attached hydrogens (primary N) is 1. The van der Waals surface area contributed by atoms with E-state index in [-0.39, 0.29) is 17.6 Å². The fourth-order valence-corrected chi connectivity index (χ4v) is 4.58. The van der Waals surface area contributed by atoms with Crippen LogP contribution in [0.5, 0.6) is 5.75 Å². The highest BCUT2D eigenvalue weighted by Gasteiger charge is 2.31. The van der Waals surface area contributed by atoms with E-state index < -0.39 is 23.8 Å². The topological polar surface area (TPSA) is 143 Å². The molecule has 4 amide bonds. The average molecular weight is 560 g/mol. The van der Waals surface area contributed by atoms with Crippen LogP contribution in [0.4, 0.5) is 9.59 Å². The number of alkyl carbamates (subject to hydrolysis) is 1. The van der Waals surface area contributed by atoms with E-state index in [1.807, 2.05) is 24.3 Å². The van der Waals surface area contributed by atoms with Crippen molar-refractivity contribution in [2.75, 3.05) is 45.9 Å². The minimum Gasteiger partial charge on any atom is -0.494 e. The van der Waals surface area contributed by atoms with Crippen LogP contribution in [0.15, 0.2) is 24.3 Å². The first-order valence-electron chi connectivity index (χ1n) is 14.3. The van der Waals surface area contributed by atoms with Gasteiger partial charge in [0, 0.05) is 50.7 Å². The SMILES string of the molecule is CC(C)(C)OC(=O)N[C@H](CCCCNC(N)=O)C(=O)N1CCN(CCCOc2ccc(C(=O)C3CC3)cc2)CC1. The average Bonchev–Trinajstić information content (AvgIpc) is 3.75. The molecule has 1 aliphatic carbocycles. The second-order valence-electron chi connectivity index (χ2n) is 11.5. The number of amides is 4. The van der Waals surface area contributed by atoms with Crippen molar-refractivity contribution in [1.29, 1.82) is 0 Å². The van der Waals surface area contributed by atoms with E-state index in [1.54, 1.807) is 25.7 Å². The molecule has 11 heteroatoms. The van der Waals surface area contributed by atoms with Crippen LogP contribution in [0.1, 0.15) is 69.7 Å². The number of hydrogen-bond donors (Lipinski definition) is 3. The summed E-state index contributed by atoms with van der Waals surface area (Å²) in [5.74, 6) is 1.08. The van der Waals surface area contributed by atoms with Crippen LogP contribution in [0.25, 0.3) is 0 Å². The molecule has 2 aliphatic rings. The van der Waals surface area contributed by atoms with Crippen molar-refractivity contribution in [3.05, 3.63) is 29.8 Å². The van der Waals surface area contributed by atoms with Crippen molar-refractivity contribution >= 4 is 23.8 Å². The number of benzene rings is 1. The van der Waals surface area contributed by atoms with Gasteiger partial charge in [-0.25, -0.2) is 9.59 Å². The summed E-state index contributed by atoms with van der Waals surface area (Å²) in [6.45, 7) is 9.80. The molecule has 1 saturated heterocycles. The molecule has 40 heavy (non-hydrogen) atoms. The summed E-state index contributed by atoms with van der Waals surface area (Å²) >= 11 is 0. The quantitative estimate of drug-likeness (QED) is 0.235. The number of Topliss-reactive ketones (excluding diaryl/α,β-unsaturated/α-hetero) is 1. The zero-order chi connectivity index (χ0) is 29.1. The number of unbranched alkanes of at least 4 members (excludes halogenated alkanes) is 1. The molecule has 0 unspecified atom stereocenters. The van der Waals surface area contributed by atoms with Crippen molar-refractivity contribution in [3.8, 4) is 5.75 Å². The lowest BCUT2D eigenvalue weighted by Crippen LogP contribution is -2.55. The Morgan fingerprint density at radius 1 is 1.00 bits per heavy atom. The smallest absolute Gasteiger partial charge is 0.408 e. The molecule has 222 valence electrons. The maximum Gasteiger partial charge on any atom is 0.408 e. The van der Waals surface area contributed by atoms with Gasteiger partial charge in [0.1, 0.15) is 17.4 Å². The van der Waals surface area contributed by atoms with Gasteiger partial charge in [0.2, 0.25) is 5.91 Å². The monoisotopic (exact) mass is 559 g/mol. The summed E-state index contributed by atoms with van der Waals surface area (Å²) in [5.41, 5.74) is 5.19. The van der Waals surface area contributed by atoms with Crippen LogP contribution < -0.4 is 21.1 Å². The summed E-state index contributed by atoms with van der Waals surface area (Å²) in [6, 6.07) is 6.12. The van der Waals surface area contributed by atoms with E-state index in [0.29, 0.717) is 45.5 Å².